The molecule has 3 rings (SSSR count). The molecule has 2 saturated carbocycles. The van der Waals surface area contributed by atoms with E-state index in [2.05, 4.69) is 22.5 Å². The molecular weight excluding hydrogens is 288 g/mol. The molecule has 0 unspecified atom stereocenters. The molecule has 2 aliphatic carbocycles. The molecule has 1 heterocycles. The van der Waals surface area contributed by atoms with Gasteiger partial charge >= 0.3 is 0 Å². The zero-order valence-corrected chi connectivity index (χ0v) is 14.6. The van der Waals surface area contributed by atoms with E-state index < -0.39 is 0 Å². The fourth-order valence-corrected chi connectivity index (χ4v) is 4.08. The van der Waals surface area contributed by atoms with Gasteiger partial charge in [0, 0.05) is 32.1 Å². The Bertz CT molecular complexity index is 438. The lowest BCUT2D eigenvalue weighted by Gasteiger charge is -2.33. The lowest BCUT2D eigenvalue weighted by molar-refractivity contribution is -0.122. The summed E-state index contributed by atoms with van der Waals surface area (Å²) in [6.45, 7) is 6.63. The molecule has 0 radical (unpaired) electrons. The normalized spacial score (nSPS) is 24.0. The first kappa shape index (κ1) is 16.6. The maximum atomic E-state index is 11.6. The van der Waals surface area contributed by atoms with Gasteiger partial charge in [-0.25, -0.2) is 0 Å². The molecule has 0 aromatic heterocycles. The number of aliphatic imine (C=N–C) groups is 1. The maximum Gasteiger partial charge on any atom is 0.223 e. The number of amides is 1. The van der Waals surface area contributed by atoms with Crippen molar-refractivity contribution in [3.8, 4) is 0 Å². The van der Waals surface area contributed by atoms with Crippen molar-refractivity contribution in [2.24, 2.45) is 16.3 Å². The Labute approximate surface area is 140 Å². The van der Waals surface area contributed by atoms with E-state index in [0.29, 0.717) is 18.5 Å². The minimum absolute atomic E-state index is 0.215. The number of nitrogens with zero attached hydrogens (tertiary/aromatic N) is 2. The van der Waals surface area contributed by atoms with Crippen LogP contribution in [0, 0.1) is 11.3 Å². The van der Waals surface area contributed by atoms with Gasteiger partial charge in [0.1, 0.15) is 0 Å². The highest BCUT2D eigenvalue weighted by molar-refractivity contribution is 5.81. The van der Waals surface area contributed by atoms with E-state index in [4.69, 9.17) is 4.99 Å². The summed E-state index contributed by atoms with van der Waals surface area (Å²) in [5.41, 5.74) is 0.550. The van der Waals surface area contributed by atoms with E-state index >= 15 is 0 Å². The summed E-state index contributed by atoms with van der Waals surface area (Å²) in [7, 11) is 0. The molecule has 0 aromatic carbocycles. The number of carbonyl (C=O) groups excluding carboxylic acids is 1. The molecule has 0 bridgehead atoms. The third-order valence-corrected chi connectivity index (χ3v) is 5.61. The highest BCUT2D eigenvalue weighted by Gasteiger charge is 2.39. The van der Waals surface area contributed by atoms with E-state index in [1.807, 2.05) is 0 Å². The lowest BCUT2D eigenvalue weighted by atomic mass is 9.73. The van der Waals surface area contributed by atoms with Crippen molar-refractivity contribution in [3.05, 3.63) is 0 Å². The summed E-state index contributed by atoms with van der Waals surface area (Å²) in [6.07, 6.45) is 10.4. The fourth-order valence-electron chi connectivity index (χ4n) is 4.08. The van der Waals surface area contributed by atoms with Gasteiger partial charge in [-0.05, 0) is 44.4 Å². The summed E-state index contributed by atoms with van der Waals surface area (Å²) in [5, 5.41) is 6.43. The first-order valence-electron chi connectivity index (χ1n) is 9.53. The molecule has 0 atom stereocenters. The van der Waals surface area contributed by atoms with E-state index in [0.717, 1.165) is 38.4 Å². The first-order chi connectivity index (χ1) is 11.2. The number of likely N-dealkylation sites (tertiary alicyclic amines) is 1. The van der Waals surface area contributed by atoms with Crippen molar-refractivity contribution < 1.29 is 4.79 Å². The molecule has 5 nitrogen and oxygen atoms in total. The third kappa shape index (κ3) is 4.39. The number of nitrogens with one attached hydrogen (secondary N) is 2. The summed E-state index contributed by atoms with van der Waals surface area (Å²) in [6, 6.07) is 0. The standard InChI is InChI=1S/C18H32N4O/c1-2-19-17(21-12-11-20-16(23)15-6-7-15)22-13-10-18(14-22)8-4-3-5-9-18/h15H,2-14H2,1H3,(H,19,21)(H,20,23). The number of hydrogen-bond donors (Lipinski definition) is 2. The molecule has 1 amide bonds. The van der Waals surface area contributed by atoms with Crippen LogP contribution in [0.1, 0.15) is 58.3 Å². The van der Waals surface area contributed by atoms with Crippen LogP contribution in [-0.2, 0) is 4.79 Å². The molecular formula is C18H32N4O. The highest BCUT2D eigenvalue weighted by atomic mass is 16.2. The van der Waals surface area contributed by atoms with E-state index in [-0.39, 0.29) is 11.8 Å². The molecule has 23 heavy (non-hydrogen) atoms. The average Bonchev–Trinajstić information content (AvgIpc) is 3.34. The van der Waals surface area contributed by atoms with Gasteiger partial charge in [0.2, 0.25) is 5.91 Å². The van der Waals surface area contributed by atoms with Crippen molar-refractivity contribution in [2.45, 2.75) is 58.3 Å². The van der Waals surface area contributed by atoms with E-state index in [1.54, 1.807) is 0 Å². The van der Waals surface area contributed by atoms with Crippen LogP contribution in [0.4, 0.5) is 0 Å². The van der Waals surface area contributed by atoms with Gasteiger partial charge in [0.05, 0.1) is 6.54 Å². The molecule has 5 heteroatoms. The Balaban J connectivity index is 1.49. The largest absolute Gasteiger partial charge is 0.357 e. The van der Waals surface area contributed by atoms with Crippen LogP contribution in [0.2, 0.25) is 0 Å². The number of rotatable bonds is 5. The number of guanidine groups is 1. The van der Waals surface area contributed by atoms with Gasteiger partial charge < -0.3 is 15.5 Å². The van der Waals surface area contributed by atoms with Crippen LogP contribution < -0.4 is 10.6 Å². The Morgan fingerprint density at radius 3 is 2.65 bits per heavy atom. The molecule has 1 aliphatic heterocycles. The SMILES string of the molecule is CCNC(=NCCNC(=O)C1CC1)N1CCC2(CCCCC2)C1. The van der Waals surface area contributed by atoms with Gasteiger partial charge in [-0.3, -0.25) is 9.79 Å². The van der Waals surface area contributed by atoms with Crippen LogP contribution in [0.25, 0.3) is 0 Å². The Morgan fingerprint density at radius 1 is 1.17 bits per heavy atom. The van der Waals surface area contributed by atoms with Gasteiger partial charge in [0.25, 0.3) is 0 Å². The van der Waals surface area contributed by atoms with Gasteiger partial charge in [0.15, 0.2) is 5.96 Å². The van der Waals surface area contributed by atoms with E-state index in [1.165, 1.54) is 38.5 Å². The minimum Gasteiger partial charge on any atom is -0.357 e. The molecule has 1 spiro atoms. The highest BCUT2D eigenvalue weighted by Crippen LogP contribution is 2.43. The van der Waals surface area contributed by atoms with Crippen LogP contribution >= 0.6 is 0 Å². The molecule has 130 valence electrons. The van der Waals surface area contributed by atoms with Gasteiger partial charge in [-0.15, -0.1) is 0 Å². The molecule has 3 fully saturated rings. The van der Waals surface area contributed by atoms with Gasteiger partial charge in [-0.1, -0.05) is 19.3 Å². The fraction of sp³-hybridized carbons (Fsp3) is 0.889. The zero-order chi connectivity index (χ0) is 16.1. The first-order valence-corrected chi connectivity index (χ1v) is 9.53. The summed E-state index contributed by atoms with van der Waals surface area (Å²) < 4.78 is 0. The van der Waals surface area contributed by atoms with Crippen LogP contribution in [0.15, 0.2) is 4.99 Å². The Hall–Kier alpha value is -1.26. The van der Waals surface area contributed by atoms with Crippen LogP contribution in [-0.4, -0.2) is 49.5 Å². The smallest absolute Gasteiger partial charge is 0.223 e. The Morgan fingerprint density at radius 2 is 1.96 bits per heavy atom. The predicted octanol–water partition coefficient (Wildman–Crippen LogP) is 2.13. The zero-order valence-electron chi connectivity index (χ0n) is 14.6. The van der Waals surface area contributed by atoms with Crippen molar-refractivity contribution in [1.82, 2.24) is 15.5 Å². The topological polar surface area (TPSA) is 56.7 Å². The van der Waals surface area contributed by atoms with Crippen LogP contribution in [0.5, 0.6) is 0 Å². The minimum atomic E-state index is 0.215. The lowest BCUT2D eigenvalue weighted by Crippen LogP contribution is -2.42. The Kier molecular flexibility index (Phi) is 5.44. The van der Waals surface area contributed by atoms with Crippen molar-refractivity contribution in [2.75, 3.05) is 32.7 Å². The summed E-state index contributed by atoms with van der Waals surface area (Å²) in [4.78, 5) is 18.8. The number of carbonyl (C=O) groups is 1. The molecule has 2 N–H and O–H groups in total. The van der Waals surface area contributed by atoms with Crippen molar-refractivity contribution in [3.63, 3.8) is 0 Å². The molecule has 0 aromatic rings. The van der Waals surface area contributed by atoms with Crippen molar-refractivity contribution in [1.29, 1.82) is 0 Å². The quantitative estimate of drug-likeness (QED) is 0.463. The van der Waals surface area contributed by atoms with Crippen molar-refractivity contribution >= 4 is 11.9 Å². The summed E-state index contributed by atoms with van der Waals surface area (Å²) >= 11 is 0. The summed E-state index contributed by atoms with van der Waals surface area (Å²) in [5.74, 6) is 1.54. The van der Waals surface area contributed by atoms with E-state index in [9.17, 15) is 4.79 Å². The second-order valence-corrected chi connectivity index (χ2v) is 7.53. The third-order valence-electron chi connectivity index (χ3n) is 5.61. The average molecular weight is 320 g/mol. The molecule has 1 saturated heterocycles. The monoisotopic (exact) mass is 320 g/mol. The van der Waals surface area contributed by atoms with Crippen LogP contribution in [0.3, 0.4) is 0 Å². The van der Waals surface area contributed by atoms with Gasteiger partial charge in [-0.2, -0.15) is 0 Å². The second kappa shape index (κ2) is 7.54. The number of hydrogen-bond acceptors (Lipinski definition) is 2. The molecule has 3 aliphatic rings. The predicted molar refractivity (Wildman–Crippen MR) is 93.4 cm³/mol. The second-order valence-electron chi connectivity index (χ2n) is 7.53. The maximum absolute atomic E-state index is 11.6.